The molecule has 2 unspecified atom stereocenters. The fourth-order valence-electron chi connectivity index (χ4n) is 3.31. The van der Waals surface area contributed by atoms with Crippen molar-refractivity contribution < 1.29 is 0 Å². The summed E-state index contributed by atoms with van der Waals surface area (Å²) in [5.41, 5.74) is 5.83. The maximum Gasteiger partial charge on any atom is 0.0103 e. The van der Waals surface area contributed by atoms with E-state index in [2.05, 4.69) is 39.5 Å². The summed E-state index contributed by atoms with van der Waals surface area (Å²) in [6, 6.07) is 1.49. The first-order chi connectivity index (χ1) is 7.93. The Morgan fingerprint density at radius 2 is 1.65 bits per heavy atom. The van der Waals surface area contributed by atoms with E-state index in [4.69, 9.17) is 5.73 Å². The molecule has 2 heteroatoms. The highest BCUT2D eigenvalue weighted by molar-refractivity contribution is 4.88. The van der Waals surface area contributed by atoms with E-state index in [0.717, 1.165) is 36.4 Å². The van der Waals surface area contributed by atoms with Gasteiger partial charge in [-0.1, -0.05) is 27.7 Å². The number of nitrogens with zero attached hydrogens (tertiary/aromatic N) is 1. The number of hydrogen-bond donors (Lipinski definition) is 1. The molecule has 2 nitrogen and oxygen atoms in total. The van der Waals surface area contributed by atoms with Gasteiger partial charge in [0.2, 0.25) is 0 Å². The van der Waals surface area contributed by atoms with E-state index in [-0.39, 0.29) is 0 Å². The van der Waals surface area contributed by atoms with Crippen LogP contribution in [-0.4, -0.2) is 30.1 Å². The summed E-state index contributed by atoms with van der Waals surface area (Å²) >= 11 is 0. The van der Waals surface area contributed by atoms with Crippen molar-refractivity contribution in [3.05, 3.63) is 0 Å². The molecular formula is C15H32N2. The van der Waals surface area contributed by atoms with Gasteiger partial charge in [0.25, 0.3) is 0 Å². The standard InChI is InChI=1S/C15H32N2/c1-11(2)6-15(7-12(3)4)17-10-14(9-16)8-13(17)5/h11-15H,6-10,16H2,1-5H3. The number of likely N-dealkylation sites (tertiary alicyclic amines) is 1. The van der Waals surface area contributed by atoms with Gasteiger partial charge in [-0.15, -0.1) is 0 Å². The lowest BCUT2D eigenvalue weighted by molar-refractivity contribution is 0.143. The van der Waals surface area contributed by atoms with Crippen LogP contribution in [0, 0.1) is 17.8 Å². The lowest BCUT2D eigenvalue weighted by Gasteiger charge is -2.34. The summed E-state index contributed by atoms with van der Waals surface area (Å²) in [4.78, 5) is 2.73. The Morgan fingerprint density at radius 1 is 1.12 bits per heavy atom. The van der Waals surface area contributed by atoms with Crippen molar-refractivity contribution in [2.75, 3.05) is 13.1 Å². The van der Waals surface area contributed by atoms with Gasteiger partial charge in [0.05, 0.1) is 0 Å². The maximum atomic E-state index is 5.83. The lowest BCUT2D eigenvalue weighted by atomic mass is 9.94. The van der Waals surface area contributed by atoms with E-state index >= 15 is 0 Å². The third kappa shape index (κ3) is 4.59. The molecule has 102 valence electrons. The predicted octanol–water partition coefficient (Wildman–Crippen LogP) is 3.12. The molecule has 2 N–H and O–H groups in total. The van der Waals surface area contributed by atoms with Crippen LogP contribution in [0.5, 0.6) is 0 Å². The van der Waals surface area contributed by atoms with Crippen molar-refractivity contribution in [3.63, 3.8) is 0 Å². The highest BCUT2D eigenvalue weighted by Gasteiger charge is 2.33. The number of nitrogens with two attached hydrogens (primary N) is 1. The molecule has 1 aliphatic rings. The van der Waals surface area contributed by atoms with Crippen molar-refractivity contribution in [2.45, 2.75) is 66.0 Å². The van der Waals surface area contributed by atoms with Crippen molar-refractivity contribution in [3.8, 4) is 0 Å². The quantitative estimate of drug-likeness (QED) is 0.773. The van der Waals surface area contributed by atoms with Gasteiger partial charge in [-0.2, -0.15) is 0 Å². The molecule has 1 saturated heterocycles. The zero-order valence-electron chi connectivity index (χ0n) is 12.4. The van der Waals surface area contributed by atoms with Crippen LogP contribution in [0.3, 0.4) is 0 Å². The highest BCUT2D eigenvalue weighted by atomic mass is 15.2. The summed E-state index contributed by atoms with van der Waals surface area (Å²) in [7, 11) is 0. The zero-order chi connectivity index (χ0) is 13.0. The Balaban J connectivity index is 2.62. The first-order valence-corrected chi connectivity index (χ1v) is 7.39. The SMILES string of the molecule is CC(C)CC(CC(C)C)N1CC(CN)CC1C. The van der Waals surface area contributed by atoms with E-state index in [1.54, 1.807) is 0 Å². The molecule has 2 atom stereocenters. The van der Waals surface area contributed by atoms with Crippen LogP contribution >= 0.6 is 0 Å². The molecule has 0 amide bonds. The molecule has 0 saturated carbocycles. The molecule has 0 bridgehead atoms. The van der Waals surface area contributed by atoms with E-state index < -0.39 is 0 Å². The van der Waals surface area contributed by atoms with Crippen molar-refractivity contribution in [1.82, 2.24) is 4.90 Å². The molecule has 0 spiro atoms. The van der Waals surface area contributed by atoms with Crippen molar-refractivity contribution in [2.24, 2.45) is 23.5 Å². The molecule has 0 aromatic heterocycles. The highest BCUT2D eigenvalue weighted by Crippen LogP contribution is 2.29. The second kappa shape index (κ2) is 6.75. The fraction of sp³-hybridized carbons (Fsp3) is 1.00. The van der Waals surface area contributed by atoms with Gasteiger partial charge in [-0.25, -0.2) is 0 Å². The number of hydrogen-bond acceptors (Lipinski definition) is 2. The van der Waals surface area contributed by atoms with E-state index in [9.17, 15) is 0 Å². The Kier molecular flexibility index (Phi) is 5.94. The Labute approximate surface area is 108 Å². The zero-order valence-corrected chi connectivity index (χ0v) is 12.4. The molecule has 17 heavy (non-hydrogen) atoms. The fourth-order valence-corrected chi connectivity index (χ4v) is 3.31. The summed E-state index contributed by atoms with van der Waals surface area (Å²) in [5.74, 6) is 2.32. The van der Waals surface area contributed by atoms with Crippen LogP contribution in [0.15, 0.2) is 0 Å². The smallest absolute Gasteiger partial charge is 0.0103 e. The van der Waals surface area contributed by atoms with Gasteiger partial charge in [-0.3, -0.25) is 4.90 Å². The molecular weight excluding hydrogens is 208 g/mol. The Morgan fingerprint density at radius 3 is 2.00 bits per heavy atom. The maximum absolute atomic E-state index is 5.83. The van der Waals surface area contributed by atoms with Gasteiger partial charge < -0.3 is 5.73 Å². The summed E-state index contributed by atoms with van der Waals surface area (Å²) in [6.07, 6.45) is 3.96. The molecule has 1 fully saturated rings. The second-order valence-electron chi connectivity index (χ2n) is 6.80. The van der Waals surface area contributed by atoms with Gasteiger partial charge in [-0.05, 0) is 50.5 Å². The van der Waals surface area contributed by atoms with Crippen LogP contribution in [0.4, 0.5) is 0 Å². The topological polar surface area (TPSA) is 29.3 Å². The monoisotopic (exact) mass is 240 g/mol. The molecule has 0 aromatic rings. The minimum atomic E-state index is 0.728. The second-order valence-corrected chi connectivity index (χ2v) is 6.80. The molecule has 1 rings (SSSR count). The molecule has 0 aliphatic carbocycles. The predicted molar refractivity (Wildman–Crippen MR) is 76.0 cm³/mol. The van der Waals surface area contributed by atoms with E-state index in [1.807, 2.05) is 0 Å². The van der Waals surface area contributed by atoms with Crippen LogP contribution in [0.25, 0.3) is 0 Å². The van der Waals surface area contributed by atoms with Crippen molar-refractivity contribution >= 4 is 0 Å². The average molecular weight is 240 g/mol. The molecule has 0 radical (unpaired) electrons. The lowest BCUT2D eigenvalue weighted by Crippen LogP contribution is -2.40. The average Bonchev–Trinajstić information content (AvgIpc) is 2.57. The minimum absolute atomic E-state index is 0.728. The molecule has 1 heterocycles. The first-order valence-electron chi connectivity index (χ1n) is 7.39. The van der Waals surface area contributed by atoms with Crippen molar-refractivity contribution in [1.29, 1.82) is 0 Å². The van der Waals surface area contributed by atoms with Gasteiger partial charge in [0, 0.05) is 18.6 Å². The van der Waals surface area contributed by atoms with Gasteiger partial charge in [0.15, 0.2) is 0 Å². The third-order valence-electron chi connectivity index (χ3n) is 4.00. The summed E-state index contributed by atoms with van der Waals surface area (Å²) in [6.45, 7) is 13.8. The molecule has 0 aromatic carbocycles. The summed E-state index contributed by atoms with van der Waals surface area (Å²) in [5, 5.41) is 0. The largest absolute Gasteiger partial charge is 0.330 e. The normalized spacial score (nSPS) is 26.6. The third-order valence-corrected chi connectivity index (χ3v) is 4.00. The van der Waals surface area contributed by atoms with E-state index in [0.29, 0.717) is 0 Å². The first kappa shape index (κ1) is 15.0. The van der Waals surface area contributed by atoms with Crippen LogP contribution < -0.4 is 5.73 Å². The minimum Gasteiger partial charge on any atom is -0.330 e. The Hall–Kier alpha value is -0.0800. The summed E-state index contributed by atoms with van der Waals surface area (Å²) < 4.78 is 0. The Bertz CT molecular complexity index is 203. The van der Waals surface area contributed by atoms with Crippen LogP contribution in [0.1, 0.15) is 53.9 Å². The van der Waals surface area contributed by atoms with Crippen LogP contribution in [0.2, 0.25) is 0 Å². The van der Waals surface area contributed by atoms with Gasteiger partial charge >= 0.3 is 0 Å². The van der Waals surface area contributed by atoms with Gasteiger partial charge in [0.1, 0.15) is 0 Å². The van der Waals surface area contributed by atoms with E-state index in [1.165, 1.54) is 25.8 Å². The molecule has 1 aliphatic heterocycles. The van der Waals surface area contributed by atoms with Crippen LogP contribution in [-0.2, 0) is 0 Å². The number of rotatable bonds is 6.